The molecule has 0 aliphatic rings. The minimum Gasteiger partial charge on any atom is -0.393 e. The molecule has 0 spiro atoms. The van der Waals surface area contributed by atoms with Gasteiger partial charge in [-0.2, -0.15) is 0 Å². The van der Waals surface area contributed by atoms with E-state index in [2.05, 4.69) is 31.8 Å². The smallest absolute Gasteiger partial charge is 0.0591 e. The molecule has 1 N–H and O–H groups in total. The molecule has 0 aromatic carbocycles. The van der Waals surface area contributed by atoms with Crippen molar-refractivity contribution >= 4 is 0 Å². The largest absolute Gasteiger partial charge is 0.393 e. The Morgan fingerprint density at radius 2 is 2.00 bits per heavy atom. The van der Waals surface area contributed by atoms with Crippen molar-refractivity contribution in [2.45, 2.75) is 46.6 Å². The Kier molecular flexibility index (Phi) is 3.86. The summed E-state index contributed by atoms with van der Waals surface area (Å²) in [5.74, 6) is 0. The van der Waals surface area contributed by atoms with Crippen LogP contribution in [0.15, 0.2) is 18.3 Å². The van der Waals surface area contributed by atoms with Crippen molar-refractivity contribution in [1.82, 2.24) is 4.98 Å². The molecule has 2 heteroatoms. The minimum atomic E-state index is -0.251. The molecule has 2 nitrogen and oxygen atoms in total. The summed E-state index contributed by atoms with van der Waals surface area (Å²) in [6.07, 6.45) is 3.34. The van der Waals surface area contributed by atoms with Crippen molar-refractivity contribution in [3.8, 4) is 0 Å². The maximum Gasteiger partial charge on any atom is 0.0591 e. The fraction of sp³-hybridized carbons (Fsp3) is 0.615. The molecular formula is C13H21NO. The third kappa shape index (κ3) is 4.00. The Balaban J connectivity index is 2.47. The molecule has 1 rings (SSSR count). The summed E-state index contributed by atoms with van der Waals surface area (Å²) in [7, 11) is 0. The molecule has 0 bridgehead atoms. The number of rotatable bonds is 3. The van der Waals surface area contributed by atoms with Crippen molar-refractivity contribution in [1.29, 1.82) is 0 Å². The number of hydrogen-bond donors (Lipinski definition) is 1. The van der Waals surface area contributed by atoms with Crippen LogP contribution in [0, 0.1) is 12.3 Å². The molecule has 1 aromatic heterocycles. The van der Waals surface area contributed by atoms with Gasteiger partial charge < -0.3 is 5.11 Å². The molecular weight excluding hydrogens is 186 g/mol. The molecule has 0 saturated carbocycles. The topological polar surface area (TPSA) is 33.1 Å². The van der Waals surface area contributed by atoms with Crippen LogP contribution in [0.1, 0.15) is 38.4 Å². The van der Waals surface area contributed by atoms with Gasteiger partial charge in [-0.05, 0) is 36.8 Å². The van der Waals surface area contributed by atoms with Gasteiger partial charge in [0.2, 0.25) is 0 Å². The van der Waals surface area contributed by atoms with E-state index in [-0.39, 0.29) is 11.5 Å². The van der Waals surface area contributed by atoms with Gasteiger partial charge in [0.1, 0.15) is 0 Å². The van der Waals surface area contributed by atoms with Gasteiger partial charge in [0.15, 0.2) is 0 Å². The van der Waals surface area contributed by atoms with Crippen LogP contribution in [0.2, 0.25) is 0 Å². The second-order valence-electron chi connectivity index (χ2n) is 5.23. The molecule has 1 atom stereocenters. The van der Waals surface area contributed by atoms with Crippen molar-refractivity contribution in [3.63, 3.8) is 0 Å². The highest BCUT2D eigenvalue weighted by molar-refractivity contribution is 5.13. The van der Waals surface area contributed by atoms with E-state index in [0.29, 0.717) is 0 Å². The first kappa shape index (κ1) is 12.2. The predicted octanol–water partition coefficient (Wildman–Crippen LogP) is 2.73. The monoisotopic (exact) mass is 207 g/mol. The van der Waals surface area contributed by atoms with E-state index in [4.69, 9.17) is 0 Å². The number of aliphatic hydroxyl groups excluding tert-OH is 1. The van der Waals surface area contributed by atoms with Crippen molar-refractivity contribution in [3.05, 3.63) is 29.6 Å². The Bertz CT molecular complexity index is 297. The summed E-state index contributed by atoms with van der Waals surface area (Å²) in [6, 6.07) is 4.09. The van der Waals surface area contributed by atoms with E-state index in [1.165, 1.54) is 5.56 Å². The zero-order valence-corrected chi connectivity index (χ0v) is 10.1. The number of nitrogens with zero attached hydrogens (tertiary/aromatic N) is 1. The van der Waals surface area contributed by atoms with E-state index in [9.17, 15) is 5.11 Å². The first-order valence-electron chi connectivity index (χ1n) is 5.49. The second kappa shape index (κ2) is 4.75. The van der Waals surface area contributed by atoms with Gasteiger partial charge in [0.25, 0.3) is 0 Å². The lowest BCUT2D eigenvalue weighted by molar-refractivity contribution is 0.0560. The summed E-state index contributed by atoms with van der Waals surface area (Å²) in [6.45, 7) is 8.16. The third-order valence-electron chi connectivity index (χ3n) is 2.68. The molecule has 0 aliphatic heterocycles. The van der Waals surface area contributed by atoms with Gasteiger partial charge in [-0.25, -0.2) is 0 Å². The summed E-state index contributed by atoms with van der Waals surface area (Å²) in [5, 5.41) is 9.88. The molecule has 0 aliphatic carbocycles. The van der Waals surface area contributed by atoms with Crippen molar-refractivity contribution < 1.29 is 5.11 Å². The Labute approximate surface area is 92.4 Å². The number of aliphatic hydroxyl groups is 1. The van der Waals surface area contributed by atoms with Crippen molar-refractivity contribution in [2.75, 3.05) is 0 Å². The molecule has 1 heterocycles. The molecule has 0 amide bonds. The first-order chi connectivity index (χ1) is 6.89. The van der Waals surface area contributed by atoms with Gasteiger partial charge >= 0.3 is 0 Å². The standard InChI is InChI=1S/C13H21NO/c1-10-5-6-11(9-14-10)7-8-12(15)13(2,3)4/h5-6,9,12,15H,7-8H2,1-4H3. The number of pyridine rings is 1. The fourth-order valence-corrected chi connectivity index (χ4v) is 1.38. The molecule has 0 fully saturated rings. The Morgan fingerprint density at radius 3 is 2.47 bits per heavy atom. The normalized spacial score (nSPS) is 13.9. The highest BCUT2D eigenvalue weighted by atomic mass is 16.3. The lowest BCUT2D eigenvalue weighted by Gasteiger charge is -2.25. The van der Waals surface area contributed by atoms with E-state index in [1.807, 2.05) is 19.2 Å². The van der Waals surface area contributed by atoms with Gasteiger partial charge in [-0.1, -0.05) is 26.8 Å². The highest BCUT2D eigenvalue weighted by Gasteiger charge is 2.21. The highest BCUT2D eigenvalue weighted by Crippen LogP contribution is 2.22. The van der Waals surface area contributed by atoms with E-state index in [1.54, 1.807) is 0 Å². The lowest BCUT2D eigenvalue weighted by Crippen LogP contribution is -2.26. The quantitative estimate of drug-likeness (QED) is 0.826. The first-order valence-corrected chi connectivity index (χ1v) is 5.49. The molecule has 84 valence electrons. The third-order valence-corrected chi connectivity index (χ3v) is 2.68. The van der Waals surface area contributed by atoms with Gasteiger partial charge in [-0.15, -0.1) is 0 Å². The summed E-state index contributed by atoms with van der Waals surface area (Å²) in [5.41, 5.74) is 2.21. The van der Waals surface area contributed by atoms with E-state index < -0.39 is 0 Å². The average Bonchev–Trinajstić information content (AvgIpc) is 2.15. The van der Waals surface area contributed by atoms with Crippen LogP contribution in [0.25, 0.3) is 0 Å². The van der Waals surface area contributed by atoms with Crippen molar-refractivity contribution in [2.24, 2.45) is 5.41 Å². The Morgan fingerprint density at radius 1 is 1.33 bits per heavy atom. The van der Waals surface area contributed by atoms with Crippen LogP contribution in [-0.4, -0.2) is 16.2 Å². The number of hydrogen-bond acceptors (Lipinski definition) is 2. The fourth-order valence-electron chi connectivity index (χ4n) is 1.38. The summed E-state index contributed by atoms with van der Waals surface area (Å²) in [4.78, 5) is 4.24. The van der Waals surface area contributed by atoms with Gasteiger partial charge in [0.05, 0.1) is 6.10 Å². The van der Waals surface area contributed by atoms with E-state index in [0.717, 1.165) is 18.5 Å². The number of aryl methyl sites for hydroxylation is 2. The summed E-state index contributed by atoms with van der Waals surface area (Å²) >= 11 is 0. The van der Waals surface area contributed by atoms with Gasteiger partial charge in [0, 0.05) is 11.9 Å². The Hall–Kier alpha value is -0.890. The van der Waals surface area contributed by atoms with Crippen LogP contribution in [0.3, 0.4) is 0 Å². The number of aromatic nitrogens is 1. The van der Waals surface area contributed by atoms with Crippen LogP contribution >= 0.6 is 0 Å². The molecule has 15 heavy (non-hydrogen) atoms. The molecule has 0 saturated heterocycles. The van der Waals surface area contributed by atoms with Gasteiger partial charge in [-0.3, -0.25) is 4.98 Å². The minimum absolute atomic E-state index is 0.0296. The molecule has 0 radical (unpaired) electrons. The average molecular weight is 207 g/mol. The SMILES string of the molecule is Cc1ccc(CCC(O)C(C)(C)C)cn1. The lowest BCUT2D eigenvalue weighted by atomic mass is 9.86. The molecule has 1 aromatic rings. The zero-order chi connectivity index (χ0) is 11.5. The van der Waals surface area contributed by atoms with Crippen LogP contribution < -0.4 is 0 Å². The maximum absolute atomic E-state index is 9.88. The zero-order valence-electron chi connectivity index (χ0n) is 10.1. The summed E-state index contributed by atoms with van der Waals surface area (Å²) < 4.78 is 0. The maximum atomic E-state index is 9.88. The second-order valence-corrected chi connectivity index (χ2v) is 5.23. The van der Waals surface area contributed by atoms with Crippen LogP contribution in [-0.2, 0) is 6.42 Å². The van der Waals surface area contributed by atoms with Crippen LogP contribution in [0.5, 0.6) is 0 Å². The molecule has 1 unspecified atom stereocenters. The predicted molar refractivity (Wildman–Crippen MR) is 62.8 cm³/mol. The van der Waals surface area contributed by atoms with E-state index >= 15 is 0 Å². The van der Waals surface area contributed by atoms with Crippen LogP contribution in [0.4, 0.5) is 0 Å².